The SMILES string of the molecule is CN=C(NCCOC)NC(C)c1ccc(C)c(F)c1.I. The molecule has 0 saturated carbocycles. The van der Waals surface area contributed by atoms with Crippen molar-refractivity contribution in [3.05, 3.63) is 35.1 Å². The molecule has 1 unspecified atom stereocenters. The quantitative estimate of drug-likeness (QED) is 0.349. The van der Waals surface area contributed by atoms with E-state index in [1.54, 1.807) is 33.2 Å². The Hall–Kier alpha value is -0.890. The third-order valence-electron chi connectivity index (χ3n) is 2.87. The predicted octanol–water partition coefficient (Wildman–Crippen LogP) is 2.62. The molecule has 20 heavy (non-hydrogen) atoms. The second-order valence-electron chi connectivity index (χ2n) is 4.37. The van der Waals surface area contributed by atoms with Gasteiger partial charge in [-0.3, -0.25) is 4.99 Å². The van der Waals surface area contributed by atoms with Crippen LogP contribution in [0.4, 0.5) is 4.39 Å². The molecule has 1 aromatic carbocycles. The van der Waals surface area contributed by atoms with Crippen molar-refractivity contribution < 1.29 is 9.13 Å². The molecule has 1 rings (SSSR count). The van der Waals surface area contributed by atoms with Crippen molar-refractivity contribution in [1.82, 2.24) is 10.6 Å². The van der Waals surface area contributed by atoms with E-state index in [0.29, 0.717) is 24.7 Å². The first-order chi connectivity index (χ1) is 9.08. The number of aryl methyl sites for hydroxylation is 1. The molecule has 0 aliphatic carbocycles. The monoisotopic (exact) mass is 395 g/mol. The van der Waals surface area contributed by atoms with Gasteiger partial charge in [0, 0.05) is 20.7 Å². The molecular formula is C14H23FIN3O. The highest BCUT2D eigenvalue weighted by atomic mass is 127. The molecule has 0 fully saturated rings. The van der Waals surface area contributed by atoms with E-state index in [1.807, 2.05) is 13.0 Å². The fraction of sp³-hybridized carbons (Fsp3) is 0.500. The Morgan fingerprint density at radius 3 is 2.70 bits per heavy atom. The van der Waals surface area contributed by atoms with Gasteiger partial charge >= 0.3 is 0 Å². The van der Waals surface area contributed by atoms with Crippen LogP contribution in [0.5, 0.6) is 0 Å². The zero-order valence-electron chi connectivity index (χ0n) is 12.4. The summed E-state index contributed by atoms with van der Waals surface area (Å²) in [6, 6.07) is 5.22. The molecule has 6 heteroatoms. The Morgan fingerprint density at radius 1 is 1.45 bits per heavy atom. The largest absolute Gasteiger partial charge is 0.383 e. The molecule has 0 amide bonds. The number of rotatable bonds is 5. The lowest BCUT2D eigenvalue weighted by Gasteiger charge is -2.18. The molecule has 1 aromatic rings. The molecule has 2 N–H and O–H groups in total. The first-order valence-electron chi connectivity index (χ1n) is 6.30. The van der Waals surface area contributed by atoms with Crippen LogP contribution in [0.1, 0.15) is 24.1 Å². The first kappa shape index (κ1) is 19.1. The average molecular weight is 395 g/mol. The van der Waals surface area contributed by atoms with Crippen LogP contribution in [0.2, 0.25) is 0 Å². The highest BCUT2D eigenvalue weighted by Gasteiger charge is 2.09. The summed E-state index contributed by atoms with van der Waals surface area (Å²) in [6.45, 7) is 5.00. The summed E-state index contributed by atoms with van der Waals surface area (Å²) in [4.78, 5) is 4.11. The number of guanidine groups is 1. The van der Waals surface area contributed by atoms with Gasteiger partial charge in [0.15, 0.2) is 5.96 Å². The molecule has 0 aliphatic heterocycles. The number of nitrogens with zero attached hydrogens (tertiary/aromatic N) is 1. The zero-order valence-corrected chi connectivity index (χ0v) is 14.7. The number of halogens is 2. The molecule has 4 nitrogen and oxygen atoms in total. The normalized spacial score (nSPS) is 12.6. The lowest BCUT2D eigenvalue weighted by atomic mass is 10.1. The minimum atomic E-state index is -0.187. The molecule has 0 saturated heterocycles. The van der Waals surface area contributed by atoms with Crippen LogP contribution in [0.3, 0.4) is 0 Å². The van der Waals surface area contributed by atoms with E-state index in [2.05, 4.69) is 15.6 Å². The van der Waals surface area contributed by atoms with E-state index in [1.165, 1.54) is 0 Å². The molecule has 0 aliphatic rings. The van der Waals surface area contributed by atoms with Crippen LogP contribution in [-0.4, -0.2) is 33.3 Å². The highest BCUT2D eigenvalue weighted by molar-refractivity contribution is 14.0. The van der Waals surface area contributed by atoms with Gasteiger partial charge in [-0.15, -0.1) is 24.0 Å². The van der Waals surface area contributed by atoms with E-state index >= 15 is 0 Å². The summed E-state index contributed by atoms with van der Waals surface area (Å²) < 4.78 is 18.5. The van der Waals surface area contributed by atoms with Gasteiger partial charge < -0.3 is 15.4 Å². The standard InChI is InChI=1S/C14H22FN3O.HI/c1-10-5-6-12(9-13(10)15)11(2)18-14(16-3)17-7-8-19-4;/h5-6,9,11H,7-8H2,1-4H3,(H2,16,17,18);1H. The maximum absolute atomic E-state index is 13.5. The van der Waals surface area contributed by atoms with Crippen LogP contribution < -0.4 is 10.6 Å². The first-order valence-corrected chi connectivity index (χ1v) is 6.30. The van der Waals surface area contributed by atoms with Gasteiger partial charge in [-0.05, 0) is 31.0 Å². The van der Waals surface area contributed by atoms with Crippen LogP contribution in [0.15, 0.2) is 23.2 Å². The molecule has 0 heterocycles. The second kappa shape index (κ2) is 9.93. The van der Waals surface area contributed by atoms with Gasteiger partial charge in [-0.25, -0.2) is 4.39 Å². The Labute approximate surface area is 137 Å². The Morgan fingerprint density at radius 2 is 2.15 bits per heavy atom. The van der Waals surface area contributed by atoms with Crippen molar-refractivity contribution in [3.63, 3.8) is 0 Å². The fourth-order valence-electron chi connectivity index (χ4n) is 1.63. The number of methoxy groups -OCH3 is 1. The summed E-state index contributed by atoms with van der Waals surface area (Å²) >= 11 is 0. The molecule has 114 valence electrons. The van der Waals surface area contributed by atoms with Crippen molar-refractivity contribution in [2.45, 2.75) is 19.9 Å². The Bertz CT molecular complexity index is 440. The molecular weight excluding hydrogens is 372 g/mol. The van der Waals surface area contributed by atoms with Crippen molar-refractivity contribution in [2.75, 3.05) is 27.3 Å². The number of aliphatic imine (C=N–C) groups is 1. The van der Waals surface area contributed by atoms with Crippen molar-refractivity contribution in [3.8, 4) is 0 Å². The van der Waals surface area contributed by atoms with E-state index < -0.39 is 0 Å². The second-order valence-corrected chi connectivity index (χ2v) is 4.37. The van der Waals surface area contributed by atoms with Gasteiger partial charge in [-0.2, -0.15) is 0 Å². The summed E-state index contributed by atoms with van der Waals surface area (Å²) in [5.41, 5.74) is 1.54. The Kier molecular flexibility index (Phi) is 9.49. The number of ether oxygens (including phenoxy) is 1. The smallest absolute Gasteiger partial charge is 0.191 e. The van der Waals surface area contributed by atoms with Gasteiger partial charge in [0.2, 0.25) is 0 Å². The molecule has 0 aromatic heterocycles. The summed E-state index contributed by atoms with van der Waals surface area (Å²) in [5.74, 6) is 0.485. The molecule has 0 radical (unpaired) electrons. The van der Waals surface area contributed by atoms with Crippen LogP contribution in [0, 0.1) is 12.7 Å². The third-order valence-corrected chi connectivity index (χ3v) is 2.87. The van der Waals surface area contributed by atoms with Gasteiger partial charge in [-0.1, -0.05) is 12.1 Å². The number of hydrogen-bond acceptors (Lipinski definition) is 2. The molecule has 0 bridgehead atoms. The lowest BCUT2D eigenvalue weighted by Crippen LogP contribution is -2.40. The predicted molar refractivity (Wildman–Crippen MR) is 91.3 cm³/mol. The van der Waals surface area contributed by atoms with Crippen molar-refractivity contribution >= 4 is 29.9 Å². The van der Waals surface area contributed by atoms with Crippen molar-refractivity contribution in [1.29, 1.82) is 0 Å². The highest BCUT2D eigenvalue weighted by Crippen LogP contribution is 2.16. The van der Waals surface area contributed by atoms with Gasteiger partial charge in [0.25, 0.3) is 0 Å². The maximum atomic E-state index is 13.5. The minimum Gasteiger partial charge on any atom is -0.383 e. The van der Waals surface area contributed by atoms with E-state index in [-0.39, 0.29) is 35.8 Å². The van der Waals surface area contributed by atoms with Crippen LogP contribution in [-0.2, 0) is 4.74 Å². The number of nitrogens with one attached hydrogen (secondary N) is 2. The van der Waals surface area contributed by atoms with Gasteiger partial charge in [0.05, 0.1) is 12.6 Å². The fourth-order valence-corrected chi connectivity index (χ4v) is 1.63. The summed E-state index contributed by atoms with van der Waals surface area (Å²) in [6.07, 6.45) is 0. The van der Waals surface area contributed by atoms with Gasteiger partial charge in [0.1, 0.15) is 5.82 Å². The zero-order chi connectivity index (χ0) is 14.3. The Balaban J connectivity index is 0.00000361. The topological polar surface area (TPSA) is 45.7 Å². The van der Waals surface area contributed by atoms with Crippen LogP contribution >= 0.6 is 24.0 Å². The summed E-state index contributed by atoms with van der Waals surface area (Å²) in [5, 5.41) is 6.32. The minimum absolute atomic E-state index is 0. The van der Waals surface area contributed by atoms with E-state index in [0.717, 1.165) is 5.56 Å². The maximum Gasteiger partial charge on any atom is 0.191 e. The lowest BCUT2D eigenvalue weighted by molar-refractivity contribution is 0.203. The third kappa shape index (κ3) is 6.04. The summed E-state index contributed by atoms with van der Waals surface area (Å²) in [7, 11) is 3.35. The van der Waals surface area contributed by atoms with Crippen molar-refractivity contribution in [2.24, 2.45) is 4.99 Å². The van der Waals surface area contributed by atoms with E-state index in [9.17, 15) is 4.39 Å². The molecule has 1 atom stereocenters. The number of benzene rings is 1. The number of hydrogen-bond donors (Lipinski definition) is 2. The van der Waals surface area contributed by atoms with E-state index in [4.69, 9.17) is 4.74 Å². The molecule has 0 spiro atoms. The van der Waals surface area contributed by atoms with Crippen LogP contribution in [0.25, 0.3) is 0 Å². The average Bonchev–Trinajstić information content (AvgIpc) is 2.40.